The molecule has 0 saturated heterocycles. The minimum absolute atomic E-state index is 0. The molecule has 0 amide bonds. The van der Waals surface area contributed by atoms with Crippen molar-refractivity contribution in [1.82, 2.24) is 0 Å². The first kappa shape index (κ1) is 16.8. The summed E-state index contributed by atoms with van der Waals surface area (Å²) in [6.07, 6.45) is 0.879. The van der Waals surface area contributed by atoms with Crippen LogP contribution in [0.2, 0.25) is 0 Å². The van der Waals surface area contributed by atoms with Crippen molar-refractivity contribution in [2.75, 3.05) is 0 Å². The Morgan fingerprint density at radius 2 is 1.88 bits per heavy atom. The third-order valence-corrected chi connectivity index (χ3v) is 4.02. The standard InChI is InChI=1S/C13H20BrNO.ClH/c1-7(2)5-10(15)12-9(4)13(14)8(3)6-11(12)16;/h6-7,10,16H,5,15H2,1-4H3;1H/t10-;/m1./s1. The fraction of sp³-hybridized carbons (Fsp3) is 0.538. The molecule has 0 aliphatic heterocycles. The minimum atomic E-state index is -0.100. The molecule has 17 heavy (non-hydrogen) atoms. The first-order valence-electron chi connectivity index (χ1n) is 5.58. The summed E-state index contributed by atoms with van der Waals surface area (Å²) < 4.78 is 1.04. The van der Waals surface area contributed by atoms with Gasteiger partial charge in [-0.1, -0.05) is 29.8 Å². The maximum atomic E-state index is 9.98. The Morgan fingerprint density at radius 1 is 1.35 bits per heavy atom. The maximum Gasteiger partial charge on any atom is 0.120 e. The van der Waals surface area contributed by atoms with Crippen LogP contribution in [0, 0.1) is 19.8 Å². The van der Waals surface area contributed by atoms with Gasteiger partial charge in [-0.2, -0.15) is 0 Å². The number of benzene rings is 1. The molecule has 0 saturated carbocycles. The monoisotopic (exact) mass is 321 g/mol. The Labute approximate surface area is 118 Å². The molecular weight excluding hydrogens is 302 g/mol. The van der Waals surface area contributed by atoms with Crippen molar-refractivity contribution < 1.29 is 5.11 Å². The van der Waals surface area contributed by atoms with Crippen LogP contribution < -0.4 is 5.73 Å². The lowest BCUT2D eigenvalue weighted by atomic mass is 9.93. The van der Waals surface area contributed by atoms with Gasteiger partial charge in [-0.25, -0.2) is 0 Å². The van der Waals surface area contributed by atoms with E-state index in [1.807, 2.05) is 13.8 Å². The van der Waals surface area contributed by atoms with Crippen LogP contribution in [-0.2, 0) is 0 Å². The highest BCUT2D eigenvalue weighted by atomic mass is 79.9. The molecular formula is C13H21BrClNO. The zero-order chi connectivity index (χ0) is 12.5. The predicted molar refractivity (Wildman–Crippen MR) is 78.9 cm³/mol. The molecule has 0 aromatic heterocycles. The third-order valence-electron chi connectivity index (χ3n) is 2.80. The van der Waals surface area contributed by atoms with Crippen molar-refractivity contribution >= 4 is 28.3 Å². The van der Waals surface area contributed by atoms with Crippen LogP contribution >= 0.6 is 28.3 Å². The van der Waals surface area contributed by atoms with Crippen LogP contribution in [0.25, 0.3) is 0 Å². The van der Waals surface area contributed by atoms with Crippen molar-refractivity contribution in [2.45, 2.75) is 40.2 Å². The van der Waals surface area contributed by atoms with Gasteiger partial charge in [0.15, 0.2) is 0 Å². The van der Waals surface area contributed by atoms with Gasteiger partial charge in [-0.15, -0.1) is 12.4 Å². The summed E-state index contributed by atoms with van der Waals surface area (Å²) in [7, 11) is 0. The van der Waals surface area contributed by atoms with Crippen molar-refractivity contribution in [1.29, 1.82) is 0 Å². The van der Waals surface area contributed by atoms with Gasteiger partial charge in [0.05, 0.1) is 0 Å². The molecule has 1 aromatic rings. The quantitative estimate of drug-likeness (QED) is 0.874. The van der Waals surface area contributed by atoms with E-state index in [0.29, 0.717) is 11.7 Å². The highest BCUT2D eigenvalue weighted by molar-refractivity contribution is 9.10. The Kier molecular flexibility index (Phi) is 6.52. The normalized spacial score (nSPS) is 12.4. The Morgan fingerprint density at radius 3 is 2.35 bits per heavy atom. The maximum absolute atomic E-state index is 9.98. The van der Waals surface area contributed by atoms with Crippen molar-refractivity contribution in [2.24, 2.45) is 11.7 Å². The molecule has 1 rings (SSSR count). The summed E-state index contributed by atoms with van der Waals surface area (Å²) in [4.78, 5) is 0. The smallest absolute Gasteiger partial charge is 0.120 e. The van der Waals surface area contributed by atoms with E-state index in [4.69, 9.17) is 5.73 Å². The number of hydrogen-bond acceptors (Lipinski definition) is 2. The van der Waals surface area contributed by atoms with E-state index in [1.165, 1.54) is 0 Å². The summed E-state index contributed by atoms with van der Waals surface area (Å²) in [5.41, 5.74) is 9.09. The molecule has 0 radical (unpaired) electrons. The Balaban J connectivity index is 0.00000256. The first-order chi connectivity index (χ1) is 7.34. The zero-order valence-electron chi connectivity index (χ0n) is 10.7. The summed E-state index contributed by atoms with van der Waals surface area (Å²) >= 11 is 3.53. The average Bonchev–Trinajstić information content (AvgIpc) is 2.13. The lowest BCUT2D eigenvalue weighted by molar-refractivity contribution is 0.443. The summed E-state index contributed by atoms with van der Waals surface area (Å²) in [6.45, 7) is 8.23. The second kappa shape index (κ2) is 6.62. The van der Waals surface area contributed by atoms with E-state index >= 15 is 0 Å². The number of nitrogens with two attached hydrogens (primary N) is 1. The van der Waals surface area contributed by atoms with Crippen molar-refractivity contribution in [3.63, 3.8) is 0 Å². The zero-order valence-corrected chi connectivity index (χ0v) is 13.2. The molecule has 1 atom stereocenters. The van der Waals surface area contributed by atoms with Crippen LogP contribution in [0.5, 0.6) is 5.75 Å². The van der Waals surface area contributed by atoms with E-state index in [-0.39, 0.29) is 18.4 Å². The average molecular weight is 323 g/mol. The summed E-state index contributed by atoms with van der Waals surface area (Å²) in [5, 5.41) is 9.98. The molecule has 2 nitrogen and oxygen atoms in total. The lowest BCUT2D eigenvalue weighted by Gasteiger charge is -2.20. The number of phenols is 1. The van der Waals surface area contributed by atoms with E-state index in [9.17, 15) is 5.11 Å². The molecule has 0 fully saturated rings. The Bertz CT molecular complexity index is 393. The molecule has 1 aromatic carbocycles. The molecule has 3 N–H and O–H groups in total. The van der Waals surface area contributed by atoms with E-state index in [2.05, 4.69) is 29.8 Å². The van der Waals surface area contributed by atoms with Gasteiger partial charge in [0.25, 0.3) is 0 Å². The first-order valence-corrected chi connectivity index (χ1v) is 6.38. The van der Waals surface area contributed by atoms with E-state index in [1.54, 1.807) is 6.07 Å². The van der Waals surface area contributed by atoms with Crippen LogP contribution in [0.1, 0.15) is 43.0 Å². The van der Waals surface area contributed by atoms with Crippen molar-refractivity contribution in [3.8, 4) is 5.75 Å². The fourth-order valence-electron chi connectivity index (χ4n) is 2.05. The van der Waals surface area contributed by atoms with E-state index < -0.39 is 0 Å². The molecule has 98 valence electrons. The van der Waals surface area contributed by atoms with Crippen LogP contribution in [0.3, 0.4) is 0 Å². The molecule has 0 spiro atoms. The van der Waals surface area contributed by atoms with Crippen LogP contribution in [0.15, 0.2) is 10.5 Å². The molecule has 0 aliphatic carbocycles. The van der Waals surface area contributed by atoms with Gasteiger partial charge >= 0.3 is 0 Å². The number of rotatable bonds is 3. The van der Waals surface area contributed by atoms with Gasteiger partial charge in [0, 0.05) is 16.1 Å². The topological polar surface area (TPSA) is 46.2 Å². The molecule has 0 bridgehead atoms. The third kappa shape index (κ3) is 3.87. The van der Waals surface area contributed by atoms with Gasteiger partial charge in [0.1, 0.15) is 5.75 Å². The Hall–Kier alpha value is -0.250. The summed E-state index contributed by atoms with van der Waals surface area (Å²) in [5.74, 6) is 0.834. The largest absolute Gasteiger partial charge is 0.508 e. The molecule has 4 heteroatoms. The predicted octanol–water partition coefficient (Wildman–Crippen LogP) is 4.24. The number of hydrogen-bond donors (Lipinski definition) is 2. The van der Waals surface area contributed by atoms with Gasteiger partial charge < -0.3 is 10.8 Å². The number of aromatic hydroxyl groups is 1. The van der Waals surface area contributed by atoms with E-state index in [0.717, 1.165) is 27.6 Å². The van der Waals surface area contributed by atoms with Gasteiger partial charge in [-0.05, 0) is 43.4 Å². The summed E-state index contributed by atoms with van der Waals surface area (Å²) in [6, 6.07) is 1.67. The minimum Gasteiger partial charge on any atom is -0.508 e. The van der Waals surface area contributed by atoms with Crippen molar-refractivity contribution in [3.05, 3.63) is 27.2 Å². The van der Waals surface area contributed by atoms with Gasteiger partial charge in [-0.3, -0.25) is 0 Å². The lowest BCUT2D eigenvalue weighted by Crippen LogP contribution is -2.15. The van der Waals surface area contributed by atoms with Crippen LogP contribution in [0.4, 0.5) is 0 Å². The molecule has 0 heterocycles. The SMILES string of the molecule is Cc1cc(O)c([C@H](N)CC(C)C)c(C)c1Br.Cl. The highest BCUT2D eigenvalue weighted by Crippen LogP contribution is 2.36. The molecule has 0 unspecified atom stereocenters. The number of aryl methyl sites for hydroxylation is 1. The second-order valence-corrected chi connectivity index (χ2v) is 5.59. The van der Waals surface area contributed by atoms with Gasteiger partial charge in [0.2, 0.25) is 0 Å². The highest BCUT2D eigenvalue weighted by Gasteiger charge is 2.18. The second-order valence-electron chi connectivity index (χ2n) is 4.80. The number of phenolic OH excluding ortho intramolecular Hbond substituents is 1. The fourth-order valence-corrected chi connectivity index (χ4v) is 2.37. The van der Waals surface area contributed by atoms with Crippen LogP contribution in [-0.4, -0.2) is 5.11 Å². The number of halogens is 2. The molecule has 0 aliphatic rings.